The molecule has 2 atom stereocenters. The van der Waals surface area contributed by atoms with E-state index >= 15 is 0 Å². The Kier molecular flexibility index (Phi) is 6.33. The van der Waals surface area contributed by atoms with Crippen molar-refractivity contribution in [1.82, 2.24) is 20.2 Å². The molecule has 0 spiro atoms. The number of carbonyl (C=O) groups excluding carboxylic acids is 2. The molecule has 1 aliphatic carbocycles. The maximum Gasteiger partial charge on any atom is 0.280 e. The van der Waals surface area contributed by atoms with E-state index < -0.39 is 0 Å². The predicted molar refractivity (Wildman–Crippen MR) is 132 cm³/mol. The van der Waals surface area contributed by atoms with Crippen LogP contribution < -0.4 is 10.6 Å². The van der Waals surface area contributed by atoms with Crippen LogP contribution in [0, 0.1) is 6.92 Å². The number of amides is 2. The van der Waals surface area contributed by atoms with E-state index in [0.29, 0.717) is 23.4 Å². The molecule has 0 unspecified atom stereocenters. The lowest BCUT2D eigenvalue weighted by Crippen LogP contribution is -2.36. The molecule has 182 valence electrons. The molecule has 2 aromatic heterocycles. The number of fused-ring (bicyclic) bond motifs is 2. The first-order valence-corrected chi connectivity index (χ1v) is 13.2. The summed E-state index contributed by atoms with van der Waals surface area (Å²) in [6, 6.07) is 2.73. The second-order valence-electron chi connectivity index (χ2n) is 10.2. The molecule has 9 heteroatoms. The highest BCUT2D eigenvalue weighted by Crippen LogP contribution is 2.41. The van der Waals surface area contributed by atoms with Crippen molar-refractivity contribution in [3.8, 4) is 10.4 Å². The molecule has 2 aliphatic heterocycles. The third-order valence-corrected chi connectivity index (χ3v) is 8.33. The lowest BCUT2D eigenvalue weighted by molar-refractivity contribution is 0.0725. The maximum absolute atomic E-state index is 13.7. The van der Waals surface area contributed by atoms with E-state index in [9.17, 15) is 14.7 Å². The Hall–Kier alpha value is -2.52. The van der Waals surface area contributed by atoms with Gasteiger partial charge in [-0.1, -0.05) is 0 Å². The number of aliphatic hydroxyl groups excluding tert-OH is 1. The van der Waals surface area contributed by atoms with Gasteiger partial charge in [-0.25, -0.2) is 9.97 Å². The number of hydrogen-bond acceptors (Lipinski definition) is 7. The second kappa shape index (κ2) is 9.26. The van der Waals surface area contributed by atoms with Crippen molar-refractivity contribution >= 4 is 29.0 Å². The van der Waals surface area contributed by atoms with Gasteiger partial charge in [-0.15, -0.1) is 11.3 Å². The number of rotatable bonds is 6. The standard InChI is InChI=1S/C25H33N5O3S/c1-13(2)27-20-10-14(3)19(12-26-20)22-21(25(33)30-16-5-6-17(30)8-7-16)29-24(34-22)23(32)28-15-4-9-18(31)11-15/h10,12-13,15-18,31H,4-9,11H2,1-3H3,(H,26,27)(H,28,32)/t15-,16?,17?,18-/m0/s1. The smallest absolute Gasteiger partial charge is 0.280 e. The molecule has 2 aromatic rings. The van der Waals surface area contributed by atoms with E-state index in [-0.39, 0.29) is 47.1 Å². The lowest BCUT2D eigenvalue weighted by Gasteiger charge is -2.21. The summed E-state index contributed by atoms with van der Waals surface area (Å²) in [5.74, 6) is 0.428. The minimum Gasteiger partial charge on any atom is -0.393 e. The first-order valence-electron chi connectivity index (χ1n) is 12.4. The first-order chi connectivity index (χ1) is 16.3. The summed E-state index contributed by atoms with van der Waals surface area (Å²) in [5, 5.41) is 16.4. The fourth-order valence-corrected chi connectivity index (χ4v) is 6.65. The molecule has 4 heterocycles. The van der Waals surface area contributed by atoms with Crippen LogP contribution >= 0.6 is 11.3 Å². The summed E-state index contributed by atoms with van der Waals surface area (Å²) in [6.45, 7) is 6.11. The van der Waals surface area contributed by atoms with Crippen LogP contribution in [0.2, 0.25) is 0 Å². The first kappa shape index (κ1) is 23.2. The Morgan fingerprint density at radius 1 is 1.15 bits per heavy atom. The van der Waals surface area contributed by atoms with Crippen LogP contribution in [0.4, 0.5) is 5.82 Å². The molecule has 34 heavy (non-hydrogen) atoms. The van der Waals surface area contributed by atoms with Gasteiger partial charge in [0.2, 0.25) is 0 Å². The highest BCUT2D eigenvalue weighted by Gasteiger charge is 2.44. The third-order valence-electron chi connectivity index (χ3n) is 7.24. The molecule has 3 N–H and O–H groups in total. The zero-order valence-electron chi connectivity index (χ0n) is 20.0. The number of aliphatic hydroxyl groups is 1. The molecule has 3 fully saturated rings. The van der Waals surface area contributed by atoms with Crippen LogP contribution in [0.5, 0.6) is 0 Å². The summed E-state index contributed by atoms with van der Waals surface area (Å²) in [5.41, 5.74) is 2.16. The zero-order chi connectivity index (χ0) is 24.0. The number of aromatic nitrogens is 2. The number of nitrogens with one attached hydrogen (secondary N) is 2. The van der Waals surface area contributed by atoms with Crippen LogP contribution in [-0.2, 0) is 0 Å². The van der Waals surface area contributed by atoms with Crippen molar-refractivity contribution in [3.05, 3.63) is 28.5 Å². The summed E-state index contributed by atoms with van der Waals surface area (Å²) >= 11 is 1.26. The van der Waals surface area contributed by atoms with Crippen molar-refractivity contribution in [3.63, 3.8) is 0 Å². The van der Waals surface area contributed by atoms with Gasteiger partial charge in [0.15, 0.2) is 5.01 Å². The van der Waals surface area contributed by atoms with Gasteiger partial charge in [0.1, 0.15) is 11.5 Å². The fraction of sp³-hybridized carbons (Fsp3) is 0.600. The molecule has 2 bridgehead atoms. The summed E-state index contributed by atoms with van der Waals surface area (Å²) in [7, 11) is 0. The number of hydrogen-bond donors (Lipinski definition) is 3. The number of nitrogens with zero attached hydrogens (tertiary/aromatic N) is 3. The third kappa shape index (κ3) is 4.43. The van der Waals surface area contributed by atoms with Crippen molar-refractivity contribution in [2.24, 2.45) is 0 Å². The molecule has 0 radical (unpaired) electrons. The fourth-order valence-electron chi connectivity index (χ4n) is 5.62. The zero-order valence-corrected chi connectivity index (χ0v) is 20.8. The molecular weight excluding hydrogens is 450 g/mol. The average Bonchev–Trinajstić information content (AvgIpc) is 3.57. The largest absolute Gasteiger partial charge is 0.393 e. The Balaban J connectivity index is 1.49. The maximum atomic E-state index is 13.7. The van der Waals surface area contributed by atoms with Gasteiger partial charge in [-0.05, 0) is 77.3 Å². The SMILES string of the molecule is Cc1cc(NC(C)C)ncc1-c1sc(C(=O)N[C@H]2CC[C@H](O)C2)nc1C(=O)N1C2CCC1CC2. The van der Waals surface area contributed by atoms with Gasteiger partial charge in [0, 0.05) is 35.9 Å². The number of anilines is 1. The molecule has 1 saturated carbocycles. The Bertz CT molecular complexity index is 1080. The molecule has 0 aromatic carbocycles. The van der Waals surface area contributed by atoms with Gasteiger partial charge in [-0.3, -0.25) is 9.59 Å². The van der Waals surface area contributed by atoms with Crippen molar-refractivity contribution in [2.45, 2.75) is 96.0 Å². The van der Waals surface area contributed by atoms with Gasteiger partial charge in [-0.2, -0.15) is 0 Å². The molecule has 2 amide bonds. The van der Waals surface area contributed by atoms with Crippen molar-refractivity contribution < 1.29 is 14.7 Å². The summed E-state index contributed by atoms with van der Waals surface area (Å²) in [4.78, 5) is 38.6. The summed E-state index contributed by atoms with van der Waals surface area (Å²) in [6.07, 6.45) is 7.59. The normalized spacial score (nSPS) is 25.9. The highest BCUT2D eigenvalue weighted by molar-refractivity contribution is 7.17. The van der Waals surface area contributed by atoms with Crippen molar-refractivity contribution in [1.29, 1.82) is 0 Å². The van der Waals surface area contributed by atoms with E-state index in [4.69, 9.17) is 0 Å². The van der Waals surface area contributed by atoms with Gasteiger partial charge in [0.05, 0.1) is 11.0 Å². The van der Waals surface area contributed by atoms with Gasteiger partial charge in [0.25, 0.3) is 11.8 Å². The number of thiazole rings is 1. The van der Waals surface area contributed by atoms with E-state index in [2.05, 4.69) is 34.4 Å². The van der Waals surface area contributed by atoms with Crippen LogP contribution in [-0.4, -0.2) is 62.1 Å². The molecule has 5 rings (SSSR count). The Morgan fingerprint density at radius 3 is 2.44 bits per heavy atom. The Labute approximate surface area is 204 Å². The van der Waals surface area contributed by atoms with Crippen molar-refractivity contribution in [2.75, 3.05) is 5.32 Å². The van der Waals surface area contributed by atoms with E-state index in [1.165, 1.54) is 11.3 Å². The molecular formula is C25H33N5O3S. The molecule has 3 aliphatic rings. The van der Waals surface area contributed by atoms with Crippen LogP contribution in [0.1, 0.15) is 84.6 Å². The number of carbonyl (C=O) groups is 2. The van der Waals surface area contributed by atoms with Gasteiger partial charge >= 0.3 is 0 Å². The van der Waals surface area contributed by atoms with E-state index in [1.54, 1.807) is 6.20 Å². The number of pyridine rings is 1. The van der Waals surface area contributed by atoms with Crippen LogP contribution in [0.3, 0.4) is 0 Å². The minimum atomic E-state index is -0.369. The monoisotopic (exact) mass is 483 g/mol. The predicted octanol–water partition coefficient (Wildman–Crippen LogP) is 3.74. The van der Waals surface area contributed by atoms with Crippen LogP contribution in [0.25, 0.3) is 10.4 Å². The second-order valence-corrected chi connectivity index (χ2v) is 11.2. The average molecular weight is 484 g/mol. The lowest BCUT2D eigenvalue weighted by atomic mass is 10.0. The quantitative estimate of drug-likeness (QED) is 0.578. The van der Waals surface area contributed by atoms with Gasteiger partial charge < -0.3 is 20.6 Å². The van der Waals surface area contributed by atoms with Crippen LogP contribution in [0.15, 0.2) is 12.3 Å². The molecule has 8 nitrogen and oxygen atoms in total. The highest BCUT2D eigenvalue weighted by atomic mass is 32.1. The Morgan fingerprint density at radius 2 is 1.85 bits per heavy atom. The topological polar surface area (TPSA) is 107 Å². The van der Waals surface area contributed by atoms with E-state index in [0.717, 1.165) is 49.0 Å². The minimum absolute atomic E-state index is 0.0618. The molecule has 2 saturated heterocycles. The summed E-state index contributed by atoms with van der Waals surface area (Å²) < 4.78 is 0. The number of aryl methyl sites for hydroxylation is 1. The van der Waals surface area contributed by atoms with E-state index in [1.807, 2.05) is 17.9 Å².